The number of nitrogens with one attached hydrogen (secondary N) is 1. The van der Waals surface area contributed by atoms with Gasteiger partial charge in [0.25, 0.3) is 0 Å². The Morgan fingerprint density at radius 1 is 1.35 bits per heavy atom. The molecule has 5 nitrogen and oxygen atoms in total. The monoisotopic (exact) mass is 316 g/mol. The second-order valence-corrected chi connectivity index (χ2v) is 6.68. The molecule has 124 valence electrons. The quantitative estimate of drug-likeness (QED) is 0.671. The molecule has 2 aliphatic rings. The minimum Gasteiger partial charge on any atom is -0.497 e. The van der Waals surface area contributed by atoms with Gasteiger partial charge in [0, 0.05) is 17.5 Å². The third-order valence-electron chi connectivity index (χ3n) is 5.43. The van der Waals surface area contributed by atoms with Gasteiger partial charge in [-0.05, 0) is 36.3 Å². The number of hydrogen-bond donors (Lipinski definition) is 1. The van der Waals surface area contributed by atoms with Gasteiger partial charge < -0.3 is 9.47 Å². The molecule has 0 radical (unpaired) electrons. The number of methoxy groups -OCH3 is 2. The summed E-state index contributed by atoms with van der Waals surface area (Å²) in [5.41, 5.74) is 3.70. The molecule has 0 unspecified atom stereocenters. The van der Waals surface area contributed by atoms with Gasteiger partial charge in [0.1, 0.15) is 11.5 Å². The molecular weight excluding hydrogens is 292 g/mol. The number of hydrogen-bond acceptors (Lipinski definition) is 4. The maximum Gasteiger partial charge on any atom is 0.244 e. The SMILES string of the molecule is COc1ccc(/C=N\NC(=O)[C@@H]2[C@@H]3CCCC[C@@]23C)c(OC)c1. The summed E-state index contributed by atoms with van der Waals surface area (Å²) in [7, 11) is 3.21. The van der Waals surface area contributed by atoms with Crippen molar-refractivity contribution in [1.82, 2.24) is 5.43 Å². The van der Waals surface area contributed by atoms with Crippen LogP contribution in [0.2, 0.25) is 0 Å². The second-order valence-electron chi connectivity index (χ2n) is 6.68. The van der Waals surface area contributed by atoms with Crippen LogP contribution in [0.3, 0.4) is 0 Å². The van der Waals surface area contributed by atoms with Crippen LogP contribution in [0.25, 0.3) is 0 Å². The lowest BCUT2D eigenvalue weighted by atomic mass is 9.90. The summed E-state index contributed by atoms with van der Waals surface area (Å²) in [6, 6.07) is 5.48. The molecule has 1 amide bonds. The molecule has 0 bridgehead atoms. The Hall–Kier alpha value is -2.04. The van der Waals surface area contributed by atoms with Crippen LogP contribution in [0.5, 0.6) is 11.5 Å². The molecule has 1 aromatic carbocycles. The van der Waals surface area contributed by atoms with Crippen molar-refractivity contribution < 1.29 is 14.3 Å². The fourth-order valence-corrected chi connectivity index (χ4v) is 4.01. The van der Waals surface area contributed by atoms with Crippen molar-refractivity contribution in [2.45, 2.75) is 32.6 Å². The zero-order valence-corrected chi connectivity index (χ0v) is 14.0. The number of amides is 1. The number of nitrogens with zero attached hydrogens (tertiary/aromatic N) is 1. The smallest absolute Gasteiger partial charge is 0.244 e. The van der Waals surface area contributed by atoms with E-state index in [1.165, 1.54) is 19.3 Å². The highest BCUT2D eigenvalue weighted by Crippen LogP contribution is 2.66. The average molecular weight is 316 g/mol. The Kier molecular flexibility index (Phi) is 4.28. The molecule has 0 aromatic heterocycles. The van der Waals surface area contributed by atoms with E-state index in [-0.39, 0.29) is 17.2 Å². The summed E-state index contributed by atoms with van der Waals surface area (Å²) in [5, 5.41) is 4.11. The van der Waals surface area contributed by atoms with Crippen molar-refractivity contribution in [3.05, 3.63) is 23.8 Å². The molecule has 0 aliphatic heterocycles. The van der Waals surface area contributed by atoms with E-state index < -0.39 is 0 Å². The highest BCUT2D eigenvalue weighted by Gasteiger charge is 2.64. The molecule has 0 saturated heterocycles. The number of rotatable bonds is 5. The summed E-state index contributed by atoms with van der Waals surface area (Å²) in [4.78, 5) is 12.3. The highest BCUT2D eigenvalue weighted by atomic mass is 16.5. The van der Waals surface area contributed by atoms with Crippen molar-refractivity contribution >= 4 is 12.1 Å². The van der Waals surface area contributed by atoms with E-state index in [4.69, 9.17) is 9.47 Å². The van der Waals surface area contributed by atoms with E-state index in [2.05, 4.69) is 17.5 Å². The van der Waals surface area contributed by atoms with Gasteiger partial charge in [-0.3, -0.25) is 4.79 Å². The van der Waals surface area contributed by atoms with Gasteiger partial charge in [-0.25, -0.2) is 5.43 Å². The predicted octanol–water partition coefficient (Wildman–Crippen LogP) is 2.98. The van der Waals surface area contributed by atoms with Crippen molar-refractivity contribution in [1.29, 1.82) is 0 Å². The molecule has 3 atom stereocenters. The Morgan fingerprint density at radius 3 is 2.83 bits per heavy atom. The largest absolute Gasteiger partial charge is 0.497 e. The Bertz CT molecular complexity index is 629. The number of ether oxygens (including phenoxy) is 2. The van der Waals surface area contributed by atoms with E-state index >= 15 is 0 Å². The fraction of sp³-hybridized carbons (Fsp3) is 0.556. The topological polar surface area (TPSA) is 59.9 Å². The first-order valence-corrected chi connectivity index (χ1v) is 8.15. The van der Waals surface area contributed by atoms with Crippen LogP contribution >= 0.6 is 0 Å². The lowest BCUT2D eigenvalue weighted by Gasteiger charge is -2.15. The van der Waals surface area contributed by atoms with Crippen LogP contribution < -0.4 is 14.9 Å². The third-order valence-corrected chi connectivity index (χ3v) is 5.43. The van der Waals surface area contributed by atoms with Gasteiger partial charge in [0.2, 0.25) is 5.91 Å². The molecule has 1 aromatic rings. The van der Waals surface area contributed by atoms with E-state index in [1.807, 2.05) is 12.1 Å². The zero-order valence-electron chi connectivity index (χ0n) is 14.0. The standard InChI is InChI=1S/C18H24N2O3/c1-18-9-5-4-6-14(18)16(18)17(21)20-19-11-12-7-8-13(22-2)10-15(12)23-3/h7-8,10-11,14,16H,4-6,9H2,1-3H3,(H,20,21)/b19-11-/t14-,16-,18+/m0/s1. The summed E-state index contributed by atoms with van der Waals surface area (Å²) in [6.45, 7) is 2.23. The van der Waals surface area contributed by atoms with Crippen LogP contribution in [-0.4, -0.2) is 26.3 Å². The minimum atomic E-state index is 0.0446. The first-order valence-electron chi connectivity index (χ1n) is 8.15. The Balaban J connectivity index is 1.62. The van der Waals surface area contributed by atoms with Crippen molar-refractivity contribution in [3.8, 4) is 11.5 Å². The van der Waals surface area contributed by atoms with E-state index in [9.17, 15) is 4.79 Å². The molecule has 5 heteroatoms. The van der Waals surface area contributed by atoms with Gasteiger partial charge in [-0.2, -0.15) is 5.10 Å². The highest BCUT2D eigenvalue weighted by molar-refractivity contribution is 5.87. The summed E-state index contributed by atoms with van der Waals surface area (Å²) >= 11 is 0. The molecule has 2 fully saturated rings. The molecule has 23 heavy (non-hydrogen) atoms. The average Bonchev–Trinajstić information content (AvgIpc) is 3.20. The van der Waals surface area contributed by atoms with E-state index in [0.29, 0.717) is 11.7 Å². The van der Waals surface area contributed by atoms with Gasteiger partial charge in [-0.15, -0.1) is 0 Å². The van der Waals surface area contributed by atoms with E-state index in [0.717, 1.165) is 17.7 Å². The van der Waals surface area contributed by atoms with Crippen molar-refractivity contribution in [2.75, 3.05) is 14.2 Å². The van der Waals surface area contributed by atoms with Crippen LogP contribution in [0.4, 0.5) is 0 Å². The Labute approximate surface area is 137 Å². The summed E-state index contributed by atoms with van der Waals surface area (Å²) in [6.07, 6.45) is 6.43. The van der Waals surface area contributed by atoms with Crippen LogP contribution in [-0.2, 0) is 4.79 Å². The van der Waals surface area contributed by atoms with Crippen molar-refractivity contribution in [3.63, 3.8) is 0 Å². The van der Waals surface area contributed by atoms with Gasteiger partial charge in [0.15, 0.2) is 0 Å². The number of fused-ring (bicyclic) bond motifs is 1. The predicted molar refractivity (Wildman–Crippen MR) is 88.8 cm³/mol. The molecule has 3 rings (SSSR count). The number of carbonyl (C=O) groups excluding carboxylic acids is 1. The zero-order chi connectivity index (χ0) is 16.4. The molecule has 0 heterocycles. The fourth-order valence-electron chi connectivity index (χ4n) is 4.01. The minimum absolute atomic E-state index is 0.0446. The molecule has 2 saturated carbocycles. The summed E-state index contributed by atoms with van der Waals surface area (Å²) in [5.74, 6) is 2.09. The third kappa shape index (κ3) is 2.92. The normalized spacial score (nSPS) is 29.0. The van der Waals surface area contributed by atoms with Crippen molar-refractivity contribution in [2.24, 2.45) is 22.4 Å². The van der Waals surface area contributed by atoms with E-state index in [1.54, 1.807) is 26.5 Å². The molecule has 0 spiro atoms. The van der Waals surface area contributed by atoms with Crippen LogP contribution in [0, 0.1) is 17.3 Å². The lowest BCUT2D eigenvalue weighted by molar-refractivity contribution is -0.123. The Morgan fingerprint density at radius 2 is 2.17 bits per heavy atom. The first kappa shape index (κ1) is 15.8. The van der Waals surface area contributed by atoms with Gasteiger partial charge in [-0.1, -0.05) is 19.8 Å². The summed E-state index contributed by atoms with van der Waals surface area (Å²) < 4.78 is 10.5. The molecule has 1 N–H and O–H groups in total. The number of carbonyl (C=O) groups is 1. The van der Waals surface area contributed by atoms with Crippen LogP contribution in [0.1, 0.15) is 38.2 Å². The van der Waals surface area contributed by atoms with Gasteiger partial charge in [0.05, 0.1) is 20.4 Å². The number of hydrazone groups is 1. The van der Waals surface area contributed by atoms with Crippen LogP contribution in [0.15, 0.2) is 23.3 Å². The van der Waals surface area contributed by atoms with Gasteiger partial charge >= 0.3 is 0 Å². The number of benzene rings is 1. The maximum atomic E-state index is 12.3. The first-order chi connectivity index (χ1) is 11.1. The molecular formula is C18H24N2O3. The maximum absolute atomic E-state index is 12.3. The molecule has 2 aliphatic carbocycles. The second kappa shape index (κ2) is 6.22. The lowest BCUT2D eigenvalue weighted by Crippen LogP contribution is -2.22.